The van der Waals surface area contributed by atoms with Crippen molar-refractivity contribution in [3.05, 3.63) is 30.1 Å². The topological polar surface area (TPSA) is 73.1 Å². The third kappa shape index (κ3) is 3.93. The molecular weight excluding hydrogens is 375 g/mol. The molecule has 2 amide bonds. The van der Waals surface area contributed by atoms with Crippen molar-refractivity contribution in [2.24, 2.45) is 5.73 Å². The van der Waals surface area contributed by atoms with Crippen LogP contribution in [0.2, 0.25) is 0 Å². The summed E-state index contributed by atoms with van der Waals surface area (Å²) in [6, 6.07) is 5.99. The Labute approximate surface area is 161 Å². The van der Waals surface area contributed by atoms with Gasteiger partial charge < -0.3 is 20.4 Å². The number of para-hydroxylation sites is 1. The van der Waals surface area contributed by atoms with Crippen molar-refractivity contribution in [3.8, 4) is 0 Å². The van der Waals surface area contributed by atoms with Gasteiger partial charge in [0.1, 0.15) is 19.2 Å². The quantitative estimate of drug-likeness (QED) is 0.738. The van der Waals surface area contributed by atoms with Gasteiger partial charge in [0.05, 0.1) is 31.5 Å². The standard InChI is InChI=1S/C18H24F3N5O2/c19-5-7-23-9-10-24(12-16(23)27)17-18(28)25(8-6-20)15(22)11-26(17)14-4-2-1-3-13(14)21/h1-4,15,17H,5-12,22H2. The lowest BCUT2D eigenvalue weighted by molar-refractivity contribution is -0.147. The van der Waals surface area contributed by atoms with Crippen LogP contribution in [0, 0.1) is 5.82 Å². The van der Waals surface area contributed by atoms with Crippen molar-refractivity contribution in [3.63, 3.8) is 0 Å². The van der Waals surface area contributed by atoms with E-state index in [1.165, 1.54) is 32.9 Å². The lowest BCUT2D eigenvalue weighted by Gasteiger charge is -2.50. The van der Waals surface area contributed by atoms with Crippen molar-refractivity contribution in [2.75, 3.05) is 57.5 Å². The molecule has 1 aromatic rings. The number of piperazine rings is 2. The largest absolute Gasteiger partial charge is 0.342 e. The summed E-state index contributed by atoms with van der Waals surface area (Å²) in [7, 11) is 0. The van der Waals surface area contributed by atoms with Crippen molar-refractivity contribution in [1.29, 1.82) is 0 Å². The number of amides is 2. The summed E-state index contributed by atoms with van der Waals surface area (Å²) in [5.74, 6) is -1.31. The van der Waals surface area contributed by atoms with Crippen LogP contribution in [0.15, 0.2) is 24.3 Å². The van der Waals surface area contributed by atoms with E-state index in [1.54, 1.807) is 11.0 Å². The highest BCUT2D eigenvalue weighted by Gasteiger charge is 2.44. The number of nitrogens with zero attached hydrogens (tertiary/aromatic N) is 4. The molecule has 10 heteroatoms. The molecule has 0 aromatic heterocycles. The maximum atomic E-state index is 14.5. The molecule has 2 saturated heterocycles. The minimum atomic E-state index is -0.986. The minimum Gasteiger partial charge on any atom is -0.342 e. The van der Waals surface area contributed by atoms with Crippen molar-refractivity contribution in [2.45, 2.75) is 12.3 Å². The zero-order valence-electron chi connectivity index (χ0n) is 15.4. The Bertz CT molecular complexity index is 722. The molecule has 2 aliphatic rings. The number of benzene rings is 1. The fourth-order valence-electron chi connectivity index (χ4n) is 3.75. The number of hydrogen-bond donors (Lipinski definition) is 1. The van der Waals surface area contributed by atoms with Gasteiger partial charge in [0.25, 0.3) is 5.91 Å². The van der Waals surface area contributed by atoms with Gasteiger partial charge in [0, 0.05) is 19.6 Å². The number of alkyl halides is 2. The van der Waals surface area contributed by atoms with Crippen LogP contribution in [0.1, 0.15) is 0 Å². The van der Waals surface area contributed by atoms with Crippen LogP contribution in [0.5, 0.6) is 0 Å². The summed E-state index contributed by atoms with van der Waals surface area (Å²) in [4.78, 5) is 31.2. The van der Waals surface area contributed by atoms with E-state index >= 15 is 0 Å². The number of rotatable bonds is 6. The first-order valence-corrected chi connectivity index (χ1v) is 9.19. The van der Waals surface area contributed by atoms with Gasteiger partial charge in [-0.25, -0.2) is 13.2 Å². The van der Waals surface area contributed by atoms with E-state index in [0.717, 1.165) is 0 Å². The van der Waals surface area contributed by atoms with E-state index < -0.39 is 37.4 Å². The van der Waals surface area contributed by atoms with Crippen molar-refractivity contribution < 1.29 is 22.8 Å². The van der Waals surface area contributed by atoms with E-state index in [2.05, 4.69) is 0 Å². The second-order valence-corrected chi connectivity index (χ2v) is 6.81. The number of nitrogens with two attached hydrogens (primary N) is 1. The van der Waals surface area contributed by atoms with Crippen LogP contribution in [-0.2, 0) is 9.59 Å². The van der Waals surface area contributed by atoms with Crippen LogP contribution in [0.3, 0.4) is 0 Å². The molecule has 2 unspecified atom stereocenters. The Morgan fingerprint density at radius 2 is 1.79 bits per heavy atom. The molecule has 7 nitrogen and oxygen atoms in total. The van der Waals surface area contributed by atoms with Gasteiger partial charge in [-0.2, -0.15) is 0 Å². The van der Waals surface area contributed by atoms with Gasteiger partial charge >= 0.3 is 0 Å². The predicted molar refractivity (Wildman–Crippen MR) is 97.3 cm³/mol. The molecule has 2 heterocycles. The normalized spacial score (nSPS) is 24.2. The summed E-state index contributed by atoms with van der Waals surface area (Å²) in [6.07, 6.45) is -1.79. The molecule has 2 fully saturated rings. The summed E-state index contributed by atoms with van der Waals surface area (Å²) in [6.45, 7) is -1.02. The van der Waals surface area contributed by atoms with Gasteiger partial charge in [-0.1, -0.05) is 12.1 Å². The van der Waals surface area contributed by atoms with Gasteiger partial charge in [0.15, 0.2) is 6.17 Å². The predicted octanol–water partition coefficient (Wildman–Crippen LogP) is 0.168. The highest BCUT2D eigenvalue weighted by Crippen LogP contribution is 2.28. The second-order valence-electron chi connectivity index (χ2n) is 6.81. The number of hydrogen-bond acceptors (Lipinski definition) is 5. The molecule has 0 aliphatic carbocycles. The fraction of sp³-hybridized carbons (Fsp3) is 0.556. The third-order valence-corrected chi connectivity index (χ3v) is 5.12. The van der Waals surface area contributed by atoms with E-state index in [-0.39, 0.29) is 44.3 Å². The zero-order chi connectivity index (χ0) is 20.3. The Balaban J connectivity index is 1.91. The Kier molecular flexibility index (Phi) is 6.40. The average molecular weight is 399 g/mol. The van der Waals surface area contributed by atoms with E-state index in [0.29, 0.717) is 6.54 Å². The van der Waals surface area contributed by atoms with Crippen LogP contribution in [-0.4, -0.2) is 91.5 Å². The molecule has 28 heavy (non-hydrogen) atoms. The maximum absolute atomic E-state index is 14.5. The molecular formula is C18H24F3N5O2. The molecule has 0 bridgehead atoms. The molecule has 0 radical (unpaired) electrons. The van der Waals surface area contributed by atoms with Crippen LogP contribution in [0.25, 0.3) is 0 Å². The van der Waals surface area contributed by atoms with E-state index in [1.807, 2.05) is 0 Å². The monoisotopic (exact) mass is 399 g/mol. The Morgan fingerprint density at radius 3 is 2.43 bits per heavy atom. The van der Waals surface area contributed by atoms with Crippen molar-refractivity contribution >= 4 is 17.5 Å². The summed E-state index contributed by atoms with van der Waals surface area (Å²) in [5.41, 5.74) is 6.24. The van der Waals surface area contributed by atoms with Crippen LogP contribution in [0.4, 0.5) is 18.9 Å². The third-order valence-electron chi connectivity index (χ3n) is 5.12. The molecule has 154 valence electrons. The maximum Gasteiger partial charge on any atom is 0.261 e. The molecule has 0 spiro atoms. The molecule has 2 N–H and O–H groups in total. The highest BCUT2D eigenvalue weighted by atomic mass is 19.1. The summed E-state index contributed by atoms with van der Waals surface area (Å²) < 4.78 is 40.0. The number of carbonyl (C=O) groups is 2. The second kappa shape index (κ2) is 8.78. The first-order valence-electron chi connectivity index (χ1n) is 9.19. The van der Waals surface area contributed by atoms with Crippen LogP contribution < -0.4 is 10.6 Å². The van der Waals surface area contributed by atoms with Crippen LogP contribution >= 0.6 is 0 Å². The Morgan fingerprint density at radius 1 is 1.07 bits per heavy atom. The molecule has 0 saturated carbocycles. The zero-order valence-corrected chi connectivity index (χ0v) is 15.4. The van der Waals surface area contributed by atoms with E-state index in [4.69, 9.17) is 5.73 Å². The first-order chi connectivity index (χ1) is 13.5. The van der Waals surface area contributed by atoms with Gasteiger partial charge in [-0.05, 0) is 12.1 Å². The summed E-state index contributed by atoms with van der Waals surface area (Å²) in [5, 5.41) is 0. The smallest absolute Gasteiger partial charge is 0.261 e. The van der Waals surface area contributed by atoms with Gasteiger partial charge in [0.2, 0.25) is 5.91 Å². The molecule has 3 rings (SSSR count). The Hall–Kier alpha value is -2.33. The number of anilines is 1. The van der Waals surface area contributed by atoms with Gasteiger partial charge in [-0.15, -0.1) is 0 Å². The summed E-state index contributed by atoms with van der Waals surface area (Å²) >= 11 is 0. The number of carbonyl (C=O) groups excluding carboxylic acids is 2. The molecule has 2 atom stereocenters. The first kappa shape index (κ1) is 20.4. The fourth-order valence-corrected chi connectivity index (χ4v) is 3.75. The number of halogens is 3. The van der Waals surface area contributed by atoms with Gasteiger partial charge in [-0.3, -0.25) is 14.5 Å². The molecule has 1 aromatic carbocycles. The van der Waals surface area contributed by atoms with Crippen molar-refractivity contribution in [1.82, 2.24) is 14.7 Å². The lowest BCUT2D eigenvalue weighted by atomic mass is 10.1. The minimum absolute atomic E-state index is 0.00116. The SMILES string of the molecule is NC1CN(c2ccccc2F)C(N2CCN(CCF)C(=O)C2)C(=O)N1CCF. The molecule has 2 aliphatic heterocycles. The average Bonchev–Trinajstić information content (AvgIpc) is 2.67. The highest BCUT2D eigenvalue weighted by molar-refractivity contribution is 5.88. The van der Waals surface area contributed by atoms with E-state index in [9.17, 15) is 22.8 Å². The lowest BCUT2D eigenvalue weighted by Crippen LogP contribution is -2.71.